The normalized spacial score (nSPS) is 18.5. The first-order chi connectivity index (χ1) is 4.52. The SMILES string of the molecule is Cl.N=C1CCCN1C(F)(F)F. The Labute approximate surface area is 68.3 Å². The predicted octanol–water partition coefficient (Wildman–Crippen LogP) is 2.00. The number of nitrogens with zero attached hydrogens (tertiary/aromatic N) is 1. The van der Waals surface area contributed by atoms with E-state index in [4.69, 9.17) is 5.41 Å². The second kappa shape index (κ2) is 3.30. The van der Waals surface area contributed by atoms with Crippen LogP contribution in [0.5, 0.6) is 0 Å². The summed E-state index contributed by atoms with van der Waals surface area (Å²) in [5.41, 5.74) is 0. The Balaban J connectivity index is 0.000001000. The van der Waals surface area contributed by atoms with Crippen molar-refractivity contribution < 1.29 is 13.2 Å². The van der Waals surface area contributed by atoms with Crippen LogP contribution >= 0.6 is 12.4 Å². The fraction of sp³-hybridized carbons (Fsp3) is 0.800. The second-order valence-electron chi connectivity index (χ2n) is 2.17. The van der Waals surface area contributed by atoms with Gasteiger partial charge in [0.1, 0.15) is 5.84 Å². The number of hydrogen-bond acceptors (Lipinski definition) is 1. The summed E-state index contributed by atoms with van der Waals surface area (Å²) in [5.74, 6) is -0.312. The second-order valence-corrected chi connectivity index (χ2v) is 2.17. The molecule has 66 valence electrons. The number of likely N-dealkylation sites (tertiary alicyclic amines) is 1. The highest BCUT2D eigenvalue weighted by Gasteiger charge is 2.40. The van der Waals surface area contributed by atoms with Crippen molar-refractivity contribution in [2.24, 2.45) is 0 Å². The van der Waals surface area contributed by atoms with Crippen molar-refractivity contribution in [3.63, 3.8) is 0 Å². The van der Waals surface area contributed by atoms with Gasteiger partial charge >= 0.3 is 6.30 Å². The molecule has 0 spiro atoms. The van der Waals surface area contributed by atoms with Crippen LogP contribution in [-0.2, 0) is 0 Å². The van der Waals surface area contributed by atoms with Gasteiger partial charge in [-0.25, -0.2) is 0 Å². The Morgan fingerprint density at radius 3 is 2.09 bits per heavy atom. The first-order valence-electron chi connectivity index (χ1n) is 2.93. The van der Waals surface area contributed by atoms with Gasteiger partial charge < -0.3 is 0 Å². The monoisotopic (exact) mass is 188 g/mol. The molecule has 1 heterocycles. The summed E-state index contributed by atoms with van der Waals surface area (Å²) in [6.07, 6.45) is -3.65. The van der Waals surface area contributed by atoms with Crippen LogP contribution < -0.4 is 0 Å². The quantitative estimate of drug-likeness (QED) is 0.579. The van der Waals surface area contributed by atoms with E-state index in [0.717, 1.165) is 0 Å². The first kappa shape index (κ1) is 10.6. The maximum Gasteiger partial charge on any atom is 0.485 e. The molecule has 0 aromatic rings. The molecule has 0 aromatic heterocycles. The van der Waals surface area contributed by atoms with Crippen molar-refractivity contribution >= 4 is 18.2 Å². The lowest BCUT2D eigenvalue weighted by Gasteiger charge is -2.20. The highest BCUT2D eigenvalue weighted by atomic mass is 35.5. The number of nitrogens with one attached hydrogen (secondary N) is 1. The summed E-state index contributed by atoms with van der Waals surface area (Å²) < 4.78 is 35.4. The zero-order valence-corrected chi connectivity index (χ0v) is 6.43. The van der Waals surface area contributed by atoms with E-state index in [1.807, 2.05) is 0 Å². The van der Waals surface area contributed by atoms with Crippen molar-refractivity contribution in [2.75, 3.05) is 6.54 Å². The van der Waals surface area contributed by atoms with E-state index in [2.05, 4.69) is 0 Å². The molecule has 0 atom stereocenters. The third-order valence-corrected chi connectivity index (χ3v) is 1.43. The third-order valence-electron chi connectivity index (χ3n) is 1.43. The predicted molar refractivity (Wildman–Crippen MR) is 37.0 cm³/mol. The van der Waals surface area contributed by atoms with Gasteiger partial charge in [-0.3, -0.25) is 10.3 Å². The van der Waals surface area contributed by atoms with Gasteiger partial charge in [-0.1, -0.05) is 0 Å². The molecule has 0 unspecified atom stereocenters. The fourth-order valence-corrected chi connectivity index (χ4v) is 0.954. The summed E-state index contributed by atoms with van der Waals surface area (Å²) in [6, 6.07) is 0. The van der Waals surface area contributed by atoms with Gasteiger partial charge in [0, 0.05) is 13.0 Å². The molecule has 0 aliphatic carbocycles. The number of rotatable bonds is 0. The standard InChI is InChI=1S/C5H7F3N2.ClH/c6-5(7,8)10-3-1-2-4(10)9;/h9H,1-3H2;1H. The molecular weight excluding hydrogens is 181 g/mol. The molecular formula is C5H8ClF3N2. The van der Waals surface area contributed by atoms with E-state index in [9.17, 15) is 13.2 Å². The molecule has 11 heavy (non-hydrogen) atoms. The summed E-state index contributed by atoms with van der Waals surface area (Å²) in [6.45, 7) is -0.0532. The Bertz CT molecular complexity index is 156. The van der Waals surface area contributed by atoms with Crippen LogP contribution in [0.1, 0.15) is 12.8 Å². The zero-order valence-electron chi connectivity index (χ0n) is 5.61. The highest BCUT2D eigenvalue weighted by Crippen LogP contribution is 2.26. The largest absolute Gasteiger partial charge is 0.485 e. The van der Waals surface area contributed by atoms with Gasteiger partial charge in [0.2, 0.25) is 0 Å². The lowest BCUT2D eigenvalue weighted by atomic mass is 10.4. The average molecular weight is 189 g/mol. The van der Waals surface area contributed by atoms with Crippen LogP contribution in [0.2, 0.25) is 0 Å². The van der Waals surface area contributed by atoms with E-state index in [1.165, 1.54) is 0 Å². The Kier molecular flexibility index (Phi) is 3.16. The summed E-state index contributed by atoms with van der Waals surface area (Å²) in [7, 11) is 0. The summed E-state index contributed by atoms with van der Waals surface area (Å²) in [4.78, 5) is 0.174. The van der Waals surface area contributed by atoms with Crippen LogP contribution in [0.3, 0.4) is 0 Å². The van der Waals surface area contributed by atoms with Gasteiger partial charge in [-0.05, 0) is 6.42 Å². The maximum atomic E-state index is 11.8. The van der Waals surface area contributed by atoms with Crippen LogP contribution in [0.15, 0.2) is 0 Å². The fourth-order valence-electron chi connectivity index (χ4n) is 0.954. The van der Waals surface area contributed by atoms with E-state index >= 15 is 0 Å². The summed E-state index contributed by atoms with van der Waals surface area (Å²) >= 11 is 0. The van der Waals surface area contributed by atoms with Crippen molar-refractivity contribution in [1.29, 1.82) is 5.41 Å². The Morgan fingerprint density at radius 1 is 1.36 bits per heavy atom. The van der Waals surface area contributed by atoms with Crippen molar-refractivity contribution in [3.05, 3.63) is 0 Å². The van der Waals surface area contributed by atoms with Gasteiger partial charge in [-0.15, -0.1) is 12.4 Å². The smallest absolute Gasteiger partial charge is 0.288 e. The zero-order chi connectivity index (χ0) is 7.78. The number of hydrogen-bond donors (Lipinski definition) is 1. The van der Waals surface area contributed by atoms with Gasteiger partial charge in [-0.2, -0.15) is 13.2 Å². The summed E-state index contributed by atoms with van der Waals surface area (Å²) in [5, 5.41) is 6.87. The minimum Gasteiger partial charge on any atom is -0.288 e. The van der Waals surface area contributed by atoms with Crippen LogP contribution in [0, 0.1) is 5.41 Å². The van der Waals surface area contributed by atoms with Crippen LogP contribution in [0.25, 0.3) is 0 Å². The van der Waals surface area contributed by atoms with Gasteiger partial charge in [0.15, 0.2) is 0 Å². The number of amidine groups is 1. The molecule has 1 fully saturated rings. The minimum atomic E-state index is -4.34. The molecule has 1 aliphatic rings. The Morgan fingerprint density at radius 2 is 1.91 bits per heavy atom. The molecule has 0 radical (unpaired) electrons. The molecule has 1 rings (SSSR count). The topological polar surface area (TPSA) is 27.1 Å². The third kappa shape index (κ3) is 2.25. The molecule has 0 bridgehead atoms. The van der Waals surface area contributed by atoms with E-state index in [-0.39, 0.29) is 36.1 Å². The molecule has 0 aromatic carbocycles. The average Bonchev–Trinajstić information content (AvgIpc) is 2.11. The number of alkyl halides is 3. The molecule has 1 saturated heterocycles. The maximum absolute atomic E-state index is 11.8. The van der Waals surface area contributed by atoms with E-state index in [1.54, 1.807) is 0 Å². The molecule has 6 heteroatoms. The minimum absolute atomic E-state index is 0. The molecule has 1 aliphatic heterocycles. The first-order valence-corrected chi connectivity index (χ1v) is 2.93. The van der Waals surface area contributed by atoms with Crippen molar-refractivity contribution in [2.45, 2.75) is 19.1 Å². The molecule has 0 saturated carbocycles. The highest BCUT2D eigenvalue weighted by molar-refractivity contribution is 5.85. The Hall–Kier alpha value is -0.450. The van der Waals surface area contributed by atoms with Crippen LogP contribution in [0.4, 0.5) is 13.2 Å². The lowest BCUT2D eigenvalue weighted by Crippen LogP contribution is -2.38. The molecule has 1 N–H and O–H groups in total. The van der Waals surface area contributed by atoms with E-state index in [0.29, 0.717) is 6.42 Å². The van der Waals surface area contributed by atoms with Gasteiger partial charge in [0.25, 0.3) is 0 Å². The van der Waals surface area contributed by atoms with E-state index < -0.39 is 6.30 Å². The molecule has 0 amide bonds. The molecule has 2 nitrogen and oxygen atoms in total. The van der Waals surface area contributed by atoms with Crippen molar-refractivity contribution in [1.82, 2.24) is 4.90 Å². The van der Waals surface area contributed by atoms with Gasteiger partial charge in [0.05, 0.1) is 0 Å². The van der Waals surface area contributed by atoms with Crippen molar-refractivity contribution in [3.8, 4) is 0 Å². The number of halogens is 4. The van der Waals surface area contributed by atoms with Crippen LogP contribution in [-0.4, -0.2) is 23.6 Å². The lowest BCUT2D eigenvalue weighted by molar-refractivity contribution is -0.214.